The third-order valence-corrected chi connectivity index (χ3v) is 15.5. The van der Waals surface area contributed by atoms with Gasteiger partial charge in [-0.25, -0.2) is 4.79 Å². The van der Waals surface area contributed by atoms with E-state index >= 15 is 0 Å². The van der Waals surface area contributed by atoms with E-state index in [0.717, 1.165) is 0 Å². The average molecular weight is 757 g/mol. The number of hydrogen-bond acceptors (Lipinski definition) is 15. The number of ether oxygens (including phenoxy) is 9. The molecule has 4 saturated carbocycles. The summed E-state index contributed by atoms with van der Waals surface area (Å²) in [5.74, 6) is -6.57. The Bertz CT molecular complexity index is 1880. The first-order valence-corrected chi connectivity index (χ1v) is 18.9. The minimum atomic E-state index is -2.08. The molecule has 0 radical (unpaired) electrons. The SMILES string of the molecule is CCC(=O)O[C@@H]1[C@@]2(OC(C)=O)[C@@H](OC(=O)[C@]3(C)O[C@H]3C)[C@]3(C)C[C@]24O[C@]2(C)O[C@]15[C@@H]1CC(=O)O[C@@H](c6ccoc6)[C@]1(C)CC[C@]5(O2)[C@]4(C)[C@H]3CC(=O)OC. The number of carbonyl (C=O) groups excluding carboxylic acids is 5. The lowest BCUT2D eigenvalue weighted by atomic mass is 9.33. The van der Waals surface area contributed by atoms with Gasteiger partial charge in [0, 0.05) is 54.4 Å². The largest absolute Gasteiger partial charge is 0.472 e. The van der Waals surface area contributed by atoms with Gasteiger partial charge in [-0.15, -0.1) is 0 Å². The third kappa shape index (κ3) is 3.67. The molecule has 294 valence electrons. The van der Waals surface area contributed by atoms with Crippen LogP contribution in [0, 0.1) is 28.1 Å². The highest BCUT2D eigenvalue weighted by Gasteiger charge is 3.05. The van der Waals surface area contributed by atoms with E-state index in [4.69, 9.17) is 47.0 Å². The van der Waals surface area contributed by atoms with Crippen LogP contribution < -0.4 is 0 Å². The van der Waals surface area contributed by atoms with E-state index in [9.17, 15) is 24.0 Å². The van der Waals surface area contributed by atoms with Crippen LogP contribution in [-0.4, -0.2) is 89.2 Å². The molecule has 0 amide bonds. The fraction of sp³-hybridized carbons (Fsp3) is 0.769. The maximum Gasteiger partial charge on any atom is 0.341 e. The Balaban J connectivity index is 1.38. The van der Waals surface area contributed by atoms with Gasteiger partial charge in [-0.05, 0) is 45.1 Å². The van der Waals surface area contributed by atoms with Gasteiger partial charge in [0.1, 0.15) is 22.9 Å². The number of esters is 5. The zero-order valence-corrected chi connectivity index (χ0v) is 32.1. The Labute approximate surface area is 312 Å². The first-order chi connectivity index (χ1) is 25.2. The van der Waals surface area contributed by atoms with Crippen LogP contribution in [0.2, 0.25) is 0 Å². The molecule has 1 aromatic heterocycles. The highest BCUT2D eigenvalue weighted by molar-refractivity contribution is 5.83. The second-order valence-electron chi connectivity index (χ2n) is 17.8. The monoisotopic (exact) mass is 756 g/mol. The first-order valence-electron chi connectivity index (χ1n) is 18.9. The van der Waals surface area contributed by atoms with Crippen LogP contribution >= 0.6 is 0 Å². The van der Waals surface area contributed by atoms with Gasteiger partial charge < -0.3 is 47.0 Å². The summed E-state index contributed by atoms with van der Waals surface area (Å²) in [5, 5.41) is 0. The molecule has 4 aliphatic carbocycles. The van der Waals surface area contributed by atoms with E-state index in [2.05, 4.69) is 0 Å². The molecule has 15 atom stereocenters. The summed E-state index contributed by atoms with van der Waals surface area (Å²) in [6.45, 7) is 13.7. The second-order valence-corrected chi connectivity index (χ2v) is 17.8. The van der Waals surface area contributed by atoms with Crippen LogP contribution in [0.4, 0.5) is 0 Å². The topological polar surface area (TPSA) is 185 Å². The van der Waals surface area contributed by atoms with Crippen molar-refractivity contribution in [2.75, 3.05) is 7.11 Å². The van der Waals surface area contributed by atoms with E-state index in [1.54, 1.807) is 33.8 Å². The lowest BCUT2D eigenvalue weighted by molar-refractivity contribution is -0.477. The zero-order valence-electron chi connectivity index (χ0n) is 32.1. The molecule has 2 spiro atoms. The van der Waals surface area contributed by atoms with Crippen molar-refractivity contribution < 1.29 is 71.0 Å². The zero-order chi connectivity index (χ0) is 38.9. The standard InChI is InChI=1S/C39H48O15/c1-10-24(41)48-29-38-23-16-26(43)47-27(21-11-14-46-17-21)31(23,4)12-13-36(38)34(7)22(15-25(42)45-9)32(5)18-37(34,53-35(8,52-36)54-38)39(29,51-20(3)40)28(32)49-30(44)33(6)19(2)50-33/h11,14,17,19,22-23,27-29H,10,12-13,15-16,18H2,1-9H3/t19-,22-,23+,27-,28-,29-,31+,32+,33+,34-,35+,36-,37+,38+,39-/m0/s1. The summed E-state index contributed by atoms with van der Waals surface area (Å²) >= 11 is 0. The van der Waals surface area contributed by atoms with Gasteiger partial charge in [0.15, 0.2) is 17.8 Å². The number of rotatable bonds is 8. The van der Waals surface area contributed by atoms with Crippen molar-refractivity contribution in [3.05, 3.63) is 24.2 Å². The molecule has 9 rings (SSSR count). The maximum absolute atomic E-state index is 14.3. The van der Waals surface area contributed by atoms with Crippen molar-refractivity contribution >= 4 is 29.8 Å². The minimum Gasteiger partial charge on any atom is -0.472 e. The van der Waals surface area contributed by atoms with Crippen molar-refractivity contribution in [1.29, 1.82) is 0 Å². The molecule has 54 heavy (non-hydrogen) atoms. The minimum absolute atomic E-state index is 0.0727. The van der Waals surface area contributed by atoms with Crippen LogP contribution in [0.25, 0.3) is 0 Å². The molecule has 0 aromatic carbocycles. The molecule has 4 saturated heterocycles. The lowest BCUT2D eigenvalue weighted by Crippen LogP contribution is -2.94. The van der Waals surface area contributed by atoms with Crippen LogP contribution in [0.15, 0.2) is 23.0 Å². The van der Waals surface area contributed by atoms with Crippen LogP contribution in [0.5, 0.6) is 0 Å². The van der Waals surface area contributed by atoms with Gasteiger partial charge in [0.05, 0.1) is 32.2 Å². The van der Waals surface area contributed by atoms with Gasteiger partial charge in [-0.1, -0.05) is 27.7 Å². The maximum atomic E-state index is 14.3. The number of carbonyl (C=O) groups is 5. The first kappa shape index (κ1) is 36.1. The van der Waals surface area contributed by atoms with E-state index in [0.29, 0.717) is 12.0 Å². The average Bonchev–Trinajstić information content (AvgIpc) is 3.44. The van der Waals surface area contributed by atoms with E-state index in [-0.39, 0.29) is 32.1 Å². The highest BCUT2D eigenvalue weighted by atomic mass is 16.9. The van der Waals surface area contributed by atoms with Crippen LogP contribution in [0.3, 0.4) is 0 Å². The van der Waals surface area contributed by atoms with Gasteiger partial charge in [0.2, 0.25) is 5.60 Å². The number of hydrogen-bond donors (Lipinski definition) is 0. The second kappa shape index (κ2) is 10.4. The molecule has 8 aliphatic rings. The van der Waals surface area contributed by atoms with Crippen LogP contribution in [0.1, 0.15) is 106 Å². The molecule has 5 heterocycles. The van der Waals surface area contributed by atoms with E-state index < -0.39 is 116 Å². The van der Waals surface area contributed by atoms with E-state index in [1.807, 2.05) is 20.8 Å². The fourth-order valence-corrected chi connectivity index (χ4v) is 13.4. The number of epoxide rings is 1. The molecule has 1 aromatic rings. The molecular weight excluding hydrogens is 708 g/mol. The quantitative estimate of drug-likeness (QED) is 0.211. The highest BCUT2D eigenvalue weighted by Crippen LogP contribution is 2.90. The number of fused-ring (bicyclic) bond motifs is 3. The summed E-state index contributed by atoms with van der Waals surface area (Å²) in [6, 6.07) is 1.74. The fourth-order valence-electron chi connectivity index (χ4n) is 13.4. The Kier molecular flexibility index (Phi) is 6.99. The van der Waals surface area contributed by atoms with Gasteiger partial charge in [-0.2, -0.15) is 0 Å². The third-order valence-electron chi connectivity index (χ3n) is 15.5. The summed E-state index contributed by atoms with van der Waals surface area (Å²) < 4.78 is 64.3. The Hall–Kier alpha value is -3.53. The Morgan fingerprint density at radius 2 is 1.63 bits per heavy atom. The van der Waals surface area contributed by atoms with Gasteiger partial charge in [-0.3, -0.25) is 19.2 Å². The van der Waals surface area contributed by atoms with Crippen molar-refractivity contribution in [2.24, 2.45) is 28.1 Å². The number of furan rings is 1. The van der Waals surface area contributed by atoms with Gasteiger partial charge in [0.25, 0.3) is 5.97 Å². The summed E-state index contributed by atoms with van der Waals surface area (Å²) in [6.07, 6.45) is -0.787. The predicted octanol–water partition coefficient (Wildman–Crippen LogP) is 3.99. The van der Waals surface area contributed by atoms with Crippen molar-refractivity contribution in [3.63, 3.8) is 0 Å². The Morgan fingerprint density at radius 1 is 0.926 bits per heavy atom. The van der Waals surface area contributed by atoms with Crippen molar-refractivity contribution in [2.45, 2.75) is 152 Å². The molecule has 15 heteroatoms. The molecule has 4 aliphatic heterocycles. The predicted molar refractivity (Wildman–Crippen MR) is 177 cm³/mol. The summed E-state index contributed by atoms with van der Waals surface area (Å²) in [7, 11) is 1.30. The van der Waals surface area contributed by atoms with Gasteiger partial charge >= 0.3 is 29.8 Å². The number of methoxy groups -OCH3 is 1. The van der Waals surface area contributed by atoms with Crippen LogP contribution in [-0.2, 0) is 66.6 Å². The Morgan fingerprint density at radius 3 is 2.24 bits per heavy atom. The molecule has 0 N–H and O–H groups in total. The number of cyclic esters (lactones) is 1. The normalized spacial score (nSPS) is 52.5. The summed E-state index contributed by atoms with van der Waals surface area (Å²) in [4.78, 5) is 69.6. The molecule has 8 fully saturated rings. The molecular formula is C39H48O15. The smallest absolute Gasteiger partial charge is 0.341 e. The summed E-state index contributed by atoms with van der Waals surface area (Å²) in [5.41, 5.74) is -11.0. The van der Waals surface area contributed by atoms with E-state index in [1.165, 1.54) is 26.6 Å². The van der Waals surface area contributed by atoms with Crippen molar-refractivity contribution in [1.82, 2.24) is 0 Å². The molecule has 4 bridgehead atoms. The van der Waals surface area contributed by atoms with Crippen molar-refractivity contribution in [3.8, 4) is 0 Å². The lowest BCUT2D eigenvalue weighted by Gasteiger charge is -2.77. The molecule has 15 nitrogen and oxygen atoms in total. The molecule has 0 unspecified atom stereocenters.